The number of aromatic nitrogens is 4. The summed E-state index contributed by atoms with van der Waals surface area (Å²) in [6.07, 6.45) is 2.76. The zero-order valence-electron chi connectivity index (χ0n) is 9.58. The van der Waals surface area contributed by atoms with Crippen LogP contribution in [0.5, 0.6) is 6.01 Å². The molecule has 0 saturated carbocycles. The van der Waals surface area contributed by atoms with Gasteiger partial charge in [-0.3, -0.25) is 9.36 Å². The summed E-state index contributed by atoms with van der Waals surface area (Å²) in [5.41, 5.74) is 0.762. The Labute approximate surface area is 97.1 Å². The van der Waals surface area contributed by atoms with Gasteiger partial charge >= 0.3 is 6.01 Å². The van der Waals surface area contributed by atoms with Gasteiger partial charge in [0.25, 0.3) is 5.56 Å². The number of nitrogens with zero attached hydrogens (tertiary/aromatic N) is 4. The Hall–Kier alpha value is -2.02. The van der Waals surface area contributed by atoms with Gasteiger partial charge in [0.15, 0.2) is 5.65 Å². The van der Waals surface area contributed by atoms with Gasteiger partial charge in [0.2, 0.25) is 0 Å². The fourth-order valence-electron chi connectivity index (χ4n) is 1.44. The number of hydrogen-bond donors (Lipinski definition) is 0. The lowest BCUT2D eigenvalue weighted by molar-refractivity contribution is 0.187. The van der Waals surface area contributed by atoms with Gasteiger partial charge in [0.1, 0.15) is 5.52 Å². The second-order valence-corrected chi connectivity index (χ2v) is 3.31. The molecule has 0 spiro atoms. The molecule has 0 atom stereocenters. The van der Waals surface area contributed by atoms with Crippen LogP contribution in [-0.4, -0.2) is 40.3 Å². The van der Waals surface area contributed by atoms with Gasteiger partial charge in [0.05, 0.1) is 32.7 Å². The summed E-state index contributed by atoms with van der Waals surface area (Å²) >= 11 is 0. The quantitative estimate of drug-likeness (QED) is 0.734. The van der Waals surface area contributed by atoms with Crippen molar-refractivity contribution in [3.63, 3.8) is 0 Å². The summed E-state index contributed by atoms with van der Waals surface area (Å²) < 4.78 is 11.4. The number of methoxy groups -OCH3 is 2. The Morgan fingerprint density at radius 3 is 2.82 bits per heavy atom. The van der Waals surface area contributed by atoms with E-state index < -0.39 is 0 Å². The lowest BCUT2D eigenvalue weighted by Gasteiger charge is -2.08. The smallest absolute Gasteiger partial charge is 0.318 e. The second kappa shape index (κ2) is 4.88. The van der Waals surface area contributed by atoms with E-state index >= 15 is 0 Å². The minimum atomic E-state index is -0.227. The summed E-state index contributed by atoms with van der Waals surface area (Å²) in [6.45, 7) is 0.833. The first-order valence-electron chi connectivity index (χ1n) is 5.02. The van der Waals surface area contributed by atoms with Gasteiger partial charge in [-0.15, -0.1) is 0 Å². The molecular weight excluding hydrogens is 224 g/mol. The lowest BCUT2D eigenvalue weighted by Crippen LogP contribution is -2.23. The van der Waals surface area contributed by atoms with Crippen molar-refractivity contribution in [2.45, 2.75) is 6.54 Å². The minimum absolute atomic E-state index is 0.205. The number of hydrogen-bond acceptors (Lipinski definition) is 6. The Balaban J connectivity index is 2.60. The molecule has 0 aliphatic heterocycles. The van der Waals surface area contributed by atoms with Crippen LogP contribution in [0.2, 0.25) is 0 Å². The third-order valence-electron chi connectivity index (χ3n) is 2.27. The highest BCUT2D eigenvalue weighted by molar-refractivity contribution is 5.68. The molecule has 2 aromatic heterocycles. The fourth-order valence-corrected chi connectivity index (χ4v) is 1.44. The van der Waals surface area contributed by atoms with Gasteiger partial charge in [-0.1, -0.05) is 0 Å². The molecule has 0 saturated heterocycles. The molecule has 0 N–H and O–H groups in total. The van der Waals surface area contributed by atoms with Gasteiger partial charge < -0.3 is 9.47 Å². The zero-order chi connectivity index (χ0) is 12.3. The molecule has 0 fully saturated rings. The maximum absolute atomic E-state index is 11.7. The molecule has 0 aliphatic rings. The van der Waals surface area contributed by atoms with Crippen LogP contribution in [0.4, 0.5) is 0 Å². The fraction of sp³-hybridized carbons (Fsp3) is 0.400. The van der Waals surface area contributed by atoms with E-state index in [9.17, 15) is 4.79 Å². The molecule has 0 amide bonds. The third-order valence-corrected chi connectivity index (χ3v) is 2.27. The lowest BCUT2D eigenvalue weighted by atomic mass is 10.5. The third kappa shape index (κ3) is 2.23. The number of fused-ring (bicyclic) bond motifs is 1. The monoisotopic (exact) mass is 236 g/mol. The van der Waals surface area contributed by atoms with E-state index in [1.165, 1.54) is 24.1 Å². The van der Waals surface area contributed by atoms with Crippen molar-refractivity contribution in [1.82, 2.24) is 19.5 Å². The van der Waals surface area contributed by atoms with Gasteiger partial charge in [-0.25, -0.2) is 9.97 Å². The largest absolute Gasteiger partial charge is 0.467 e. The van der Waals surface area contributed by atoms with Crippen LogP contribution in [0.15, 0.2) is 17.2 Å². The topological polar surface area (TPSA) is 79.1 Å². The summed E-state index contributed by atoms with van der Waals surface area (Å²) in [5, 5.41) is 0. The molecule has 7 heteroatoms. The predicted octanol–water partition coefficient (Wildman–Crippen LogP) is -0.159. The second-order valence-electron chi connectivity index (χ2n) is 3.31. The number of rotatable bonds is 4. The van der Waals surface area contributed by atoms with Crippen LogP contribution < -0.4 is 10.3 Å². The van der Waals surface area contributed by atoms with Gasteiger partial charge in [0, 0.05) is 7.11 Å². The van der Waals surface area contributed by atoms with E-state index in [-0.39, 0.29) is 11.6 Å². The highest BCUT2D eigenvalue weighted by atomic mass is 16.5. The standard InChI is InChI=1S/C10H12N4O3/c1-16-4-3-14-8(15)6-11-7-5-12-10(17-2)13-9(7)14/h5-6H,3-4H2,1-2H3. The van der Waals surface area contributed by atoms with Crippen molar-refractivity contribution in [2.24, 2.45) is 0 Å². The minimum Gasteiger partial charge on any atom is -0.467 e. The first-order chi connectivity index (χ1) is 8.26. The zero-order valence-corrected chi connectivity index (χ0v) is 9.58. The van der Waals surface area contributed by atoms with Crippen molar-refractivity contribution >= 4 is 11.2 Å². The van der Waals surface area contributed by atoms with Crippen LogP contribution in [0.1, 0.15) is 0 Å². The van der Waals surface area contributed by atoms with E-state index in [1.54, 1.807) is 7.11 Å². The Morgan fingerprint density at radius 2 is 2.12 bits per heavy atom. The van der Waals surface area contributed by atoms with E-state index in [4.69, 9.17) is 9.47 Å². The van der Waals surface area contributed by atoms with Crippen molar-refractivity contribution in [3.05, 3.63) is 22.7 Å². The van der Waals surface area contributed by atoms with E-state index in [0.29, 0.717) is 24.3 Å². The maximum atomic E-state index is 11.7. The van der Waals surface area contributed by atoms with Gasteiger partial charge in [-0.2, -0.15) is 4.98 Å². The van der Waals surface area contributed by atoms with Crippen LogP contribution in [0.25, 0.3) is 11.2 Å². The van der Waals surface area contributed by atoms with Crippen molar-refractivity contribution in [3.8, 4) is 6.01 Å². The average molecular weight is 236 g/mol. The molecule has 7 nitrogen and oxygen atoms in total. The summed E-state index contributed by atoms with van der Waals surface area (Å²) in [5.74, 6) is 0. The first-order valence-corrected chi connectivity index (χ1v) is 5.02. The molecule has 17 heavy (non-hydrogen) atoms. The van der Waals surface area contributed by atoms with Crippen LogP contribution >= 0.6 is 0 Å². The van der Waals surface area contributed by atoms with Gasteiger partial charge in [-0.05, 0) is 0 Å². The molecule has 0 radical (unpaired) electrons. The summed E-state index contributed by atoms with van der Waals surface area (Å²) in [6, 6.07) is 0.205. The highest BCUT2D eigenvalue weighted by Gasteiger charge is 2.07. The van der Waals surface area contributed by atoms with E-state index in [2.05, 4.69) is 15.0 Å². The summed E-state index contributed by atoms with van der Waals surface area (Å²) in [4.78, 5) is 23.7. The van der Waals surface area contributed by atoms with E-state index in [0.717, 1.165) is 0 Å². The highest BCUT2D eigenvalue weighted by Crippen LogP contribution is 2.09. The molecule has 0 bridgehead atoms. The Morgan fingerprint density at radius 1 is 1.29 bits per heavy atom. The van der Waals surface area contributed by atoms with Crippen molar-refractivity contribution in [2.75, 3.05) is 20.8 Å². The molecule has 2 heterocycles. The summed E-state index contributed by atoms with van der Waals surface area (Å²) in [7, 11) is 3.04. The molecule has 0 unspecified atom stereocenters. The van der Waals surface area contributed by atoms with Crippen LogP contribution in [0.3, 0.4) is 0 Å². The Kier molecular flexibility index (Phi) is 3.29. The van der Waals surface area contributed by atoms with Crippen molar-refractivity contribution < 1.29 is 9.47 Å². The molecular formula is C10H12N4O3. The van der Waals surface area contributed by atoms with E-state index in [1.807, 2.05) is 0 Å². The molecule has 2 aromatic rings. The maximum Gasteiger partial charge on any atom is 0.318 e. The average Bonchev–Trinajstić information content (AvgIpc) is 2.37. The molecule has 2 rings (SSSR count). The van der Waals surface area contributed by atoms with Crippen LogP contribution in [-0.2, 0) is 11.3 Å². The van der Waals surface area contributed by atoms with Crippen LogP contribution in [0, 0.1) is 0 Å². The van der Waals surface area contributed by atoms with Crippen molar-refractivity contribution in [1.29, 1.82) is 0 Å². The first kappa shape index (κ1) is 11.5. The normalized spacial score (nSPS) is 10.7. The Bertz CT molecular complexity index is 581. The number of ether oxygens (including phenoxy) is 2. The molecule has 0 aromatic carbocycles. The SMILES string of the molecule is COCCn1c(=O)cnc2cnc(OC)nc21. The molecule has 90 valence electrons. The molecule has 0 aliphatic carbocycles. The predicted molar refractivity (Wildman–Crippen MR) is 60.0 cm³/mol.